The lowest BCUT2D eigenvalue weighted by Gasteiger charge is -2.35. The Morgan fingerprint density at radius 3 is 2.28 bits per heavy atom. The fraction of sp³-hybridized carbons (Fsp3) is 0.294. The monoisotopic (exact) mass is 342 g/mol. The summed E-state index contributed by atoms with van der Waals surface area (Å²) in [6.07, 6.45) is 1.54. The second kappa shape index (κ2) is 6.76. The molecule has 0 unspecified atom stereocenters. The van der Waals surface area contributed by atoms with Gasteiger partial charge in [0.2, 0.25) is 0 Å². The van der Waals surface area contributed by atoms with Gasteiger partial charge in [0.15, 0.2) is 5.78 Å². The predicted octanol–water partition coefficient (Wildman–Crippen LogP) is 2.09. The Morgan fingerprint density at radius 1 is 1.12 bits per heavy atom. The van der Waals surface area contributed by atoms with Crippen molar-refractivity contribution in [3.8, 4) is 0 Å². The Morgan fingerprint density at radius 2 is 1.76 bits per heavy atom. The summed E-state index contributed by atoms with van der Waals surface area (Å²) in [7, 11) is 0. The van der Waals surface area contributed by atoms with Gasteiger partial charge in [0.1, 0.15) is 5.69 Å². The Kier molecular flexibility index (Phi) is 4.51. The highest BCUT2D eigenvalue weighted by Gasteiger charge is 2.23. The molecule has 2 heterocycles. The first-order chi connectivity index (χ1) is 12.0. The molecule has 0 aliphatic carbocycles. The number of anilines is 1. The summed E-state index contributed by atoms with van der Waals surface area (Å²) in [6, 6.07) is 7.98. The van der Waals surface area contributed by atoms with E-state index in [9.17, 15) is 19.7 Å². The Bertz CT molecular complexity index is 804. The number of nitro groups is 1. The molecule has 1 aromatic carbocycles. The van der Waals surface area contributed by atoms with Crippen LogP contribution >= 0.6 is 0 Å². The minimum atomic E-state index is -0.425. The average Bonchev–Trinajstić information content (AvgIpc) is 3.12. The standard InChI is InChI=1S/C17H18N4O4/c1-12(22)13-10-16(18-11-13)17(23)20-8-6-19(7-9-20)14-2-4-15(5-3-14)21(24)25/h2-5,10-11,18H,6-9H2,1H3. The molecule has 1 aliphatic rings. The van der Waals surface area contributed by atoms with E-state index < -0.39 is 4.92 Å². The van der Waals surface area contributed by atoms with Crippen LogP contribution in [0, 0.1) is 10.1 Å². The van der Waals surface area contributed by atoms with Gasteiger partial charge in [-0.3, -0.25) is 19.7 Å². The first-order valence-electron chi connectivity index (χ1n) is 7.94. The summed E-state index contributed by atoms with van der Waals surface area (Å²) in [5, 5.41) is 10.7. The van der Waals surface area contributed by atoms with E-state index >= 15 is 0 Å². The molecular weight excluding hydrogens is 324 g/mol. The first-order valence-corrected chi connectivity index (χ1v) is 7.94. The minimum absolute atomic E-state index is 0.0607. The summed E-state index contributed by atoms with van der Waals surface area (Å²) in [5.74, 6) is -0.214. The number of piperazine rings is 1. The number of aromatic amines is 1. The first kappa shape index (κ1) is 16.7. The van der Waals surface area contributed by atoms with Gasteiger partial charge >= 0.3 is 0 Å². The summed E-state index contributed by atoms with van der Waals surface area (Å²) < 4.78 is 0. The molecule has 1 fully saturated rings. The number of carbonyl (C=O) groups excluding carboxylic acids is 2. The van der Waals surface area contributed by atoms with Crippen molar-refractivity contribution >= 4 is 23.1 Å². The fourth-order valence-electron chi connectivity index (χ4n) is 2.84. The smallest absolute Gasteiger partial charge is 0.270 e. The van der Waals surface area contributed by atoms with E-state index in [-0.39, 0.29) is 17.4 Å². The number of amides is 1. The Hall–Kier alpha value is -3.16. The molecule has 2 aromatic rings. The number of non-ortho nitro benzene ring substituents is 1. The maximum atomic E-state index is 12.5. The van der Waals surface area contributed by atoms with Crippen LogP contribution in [0.3, 0.4) is 0 Å². The number of carbonyl (C=O) groups is 2. The number of ketones is 1. The van der Waals surface area contributed by atoms with Gasteiger partial charge in [0, 0.05) is 55.8 Å². The van der Waals surface area contributed by atoms with E-state index in [4.69, 9.17) is 0 Å². The van der Waals surface area contributed by atoms with Crippen molar-refractivity contribution in [3.63, 3.8) is 0 Å². The molecular formula is C17H18N4O4. The minimum Gasteiger partial charge on any atom is -0.368 e. The van der Waals surface area contributed by atoms with Crippen LogP contribution in [-0.4, -0.2) is 52.7 Å². The molecule has 0 atom stereocenters. The SMILES string of the molecule is CC(=O)c1c[nH]c(C(=O)N2CCN(c3ccc([N+](=O)[O-])cc3)CC2)c1. The zero-order chi connectivity index (χ0) is 18.0. The Labute approximate surface area is 144 Å². The molecule has 0 spiro atoms. The van der Waals surface area contributed by atoms with Gasteiger partial charge in [-0.1, -0.05) is 0 Å². The van der Waals surface area contributed by atoms with Crippen LogP contribution in [0.25, 0.3) is 0 Å². The molecule has 8 heteroatoms. The van der Waals surface area contributed by atoms with E-state index in [1.54, 1.807) is 29.3 Å². The van der Waals surface area contributed by atoms with Gasteiger partial charge in [-0.2, -0.15) is 0 Å². The summed E-state index contributed by atoms with van der Waals surface area (Å²) >= 11 is 0. The van der Waals surface area contributed by atoms with Crippen LogP contribution in [0.5, 0.6) is 0 Å². The van der Waals surface area contributed by atoms with Crippen LogP contribution < -0.4 is 4.90 Å². The molecule has 0 radical (unpaired) electrons. The summed E-state index contributed by atoms with van der Waals surface area (Å²) in [5.41, 5.74) is 1.86. The lowest BCUT2D eigenvalue weighted by atomic mass is 10.2. The molecule has 1 amide bonds. The number of Topliss-reactive ketones (excluding diaryl/α,β-unsaturated/α-hetero) is 1. The van der Waals surface area contributed by atoms with Crippen LogP contribution in [0.2, 0.25) is 0 Å². The quantitative estimate of drug-likeness (QED) is 0.521. The van der Waals surface area contributed by atoms with Crippen LogP contribution in [0.4, 0.5) is 11.4 Å². The predicted molar refractivity (Wildman–Crippen MR) is 92.0 cm³/mol. The second-order valence-electron chi connectivity index (χ2n) is 5.91. The molecule has 0 saturated carbocycles. The maximum absolute atomic E-state index is 12.5. The van der Waals surface area contributed by atoms with Crippen molar-refractivity contribution in [1.82, 2.24) is 9.88 Å². The van der Waals surface area contributed by atoms with Crippen LogP contribution in [0.1, 0.15) is 27.8 Å². The van der Waals surface area contributed by atoms with Gasteiger partial charge in [-0.05, 0) is 25.1 Å². The Balaban J connectivity index is 1.61. The lowest BCUT2D eigenvalue weighted by molar-refractivity contribution is -0.384. The van der Waals surface area contributed by atoms with Crippen molar-refractivity contribution in [2.24, 2.45) is 0 Å². The number of nitro benzene ring substituents is 1. The van der Waals surface area contributed by atoms with E-state index in [1.165, 1.54) is 19.1 Å². The second-order valence-corrected chi connectivity index (χ2v) is 5.91. The van der Waals surface area contributed by atoms with Gasteiger partial charge in [0.25, 0.3) is 11.6 Å². The van der Waals surface area contributed by atoms with E-state index in [0.717, 1.165) is 5.69 Å². The highest BCUT2D eigenvalue weighted by Crippen LogP contribution is 2.21. The third kappa shape index (κ3) is 3.52. The number of H-pyrrole nitrogens is 1. The zero-order valence-corrected chi connectivity index (χ0v) is 13.8. The van der Waals surface area contributed by atoms with Crippen LogP contribution in [-0.2, 0) is 0 Å². The van der Waals surface area contributed by atoms with Crippen LogP contribution in [0.15, 0.2) is 36.5 Å². The topological polar surface area (TPSA) is 99.6 Å². The molecule has 1 aliphatic heterocycles. The normalized spacial score (nSPS) is 14.4. The average molecular weight is 342 g/mol. The highest BCUT2D eigenvalue weighted by atomic mass is 16.6. The van der Waals surface area contributed by atoms with Crippen molar-refractivity contribution in [3.05, 3.63) is 57.9 Å². The van der Waals surface area contributed by atoms with Gasteiger partial charge in [-0.25, -0.2) is 0 Å². The third-order valence-corrected chi connectivity index (χ3v) is 4.31. The maximum Gasteiger partial charge on any atom is 0.270 e. The number of benzene rings is 1. The van der Waals surface area contributed by atoms with Crippen molar-refractivity contribution in [1.29, 1.82) is 0 Å². The molecule has 8 nitrogen and oxygen atoms in total. The number of nitrogens with one attached hydrogen (secondary N) is 1. The van der Waals surface area contributed by atoms with E-state index in [0.29, 0.717) is 37.4 Å². The van der Waals surface area contributed by atoms with Crippen molar-refractivity contribution in [2.45, 2.75) is 6.92 Å². The molecule has 1 N–H and O–H groups in total. The van der Waals surface area contributed by atoms with Crippen molar-refractivity contribution < 1.29 is 14.5 Å². The van der Waals surface area contributed by atoms with Gasteiger partial charge < -0.3 is 14.8 Å². The number of hydrogen-bond donors (Lipinski definition) is 1. The number of rotatable bonds is 4. The summed E-state index contributed by atoms with van der Waals surface area (Å²) in [6.45, 7) is 3.84. The number of nitrogens with zero attached hydrogens (tertiary/aromatic N) is 3. The number of hydrogen-bond acceptors (Lipinski definition) is 5. The summed E-state index contributed by atoms with van der Waals surface area (Å²) in [4.78, 5) is 40.8. The van der Waals surface area contributed by atoms with E-state index in [2.05, 4.69) is 9.88 Å². The molecule has 1 saturated heterocycles. The molecule has 3 rings (SSSR count). The molecule has 1 aromatic heterocycles. The fourth-order valence-corrected chi connectivity index (χ4v) is 2.84. The molecule has 0 bridgehead atoms. The lowest BCUT2D eigenvalue weighted by Crippen LogP contribution is -2.48. The van der Waals surface area contributed by atoms with Crippen molar-refractivity contribution in [2.75, 3.05) is 31.1 Å². The van der Waals surface area contributed by atoms with Gasteiger partial charge in [0.05, 0.1) is 4.92 Å². The number of aromatic nitrogens is 1. The highest BCUT2D eigenvalue weighted by molar-refractivity contribution is 5.99. The third-order valence-electron chi connectivity index (χ3n) is 4.31. The largest absolute Gasteiger partial charge is 0.368 e. The van der Waals surface area contributed by atoms with Gasteiger partial charge in [-0.15, -0.1) is 0 Å². The molecule has 130 valence electrons. The molecule has 25 heavy (non-hydrogen) atoms. The van der Waals surface area contributed by atoms with E-state index in [1.807, 2.05) is 0 Å². The zero-order valence-electron chi connectivity index (χ0n) is 13.8.